The van der Waals surface area contributed by atoms with Crippen molar-refractivity contribution in [2.75, 3.05) is 39.2 Å². The Hall–Kier alpha value is -3.09. The summed E-state index contributed by atoms with van der Waals surface area (Å²) in [7, 11) is 5.10. The number of hydrogen-bond acceptors (Lipinski definition) is 5. The minimum absolute atomic E-state index is 0.0919. The molecule has 0 bridgehead atoms. The van der Waals surface area contributed by atoms with Crippen LogP contribution in [0.2, 0.25) is 0 Å². The SMILES string of the molecule is Cc1cc(C)cc(OCCN(C)C(=O)c2ccc(N(C)C)c([N+](=O)[O-])c2)c1. The lowest BCUT2D eigenvalue weighted by molar-refractivity contribution is -0.384. The number of benzene rings is 2. The molecule has 0 N–H and O–H groups in total. The number of hydrogen-bond donors (Lipinski definition) is 0. The van der Waals surface area contributed by atoms with E-state index in [2.05, 4.69) is 6.07 Å². The minimum atomic E-state index is -0.477. The van der Waals surface area contributed by atoms with Crippen LogP contribution in [0, 0.1) is 24.0 Å². The zero-order valence-electron chi connectivity index (χ0n) is 16.4. The van der Waals surface area contributed by atoms with Crippen LogP contribution in [0.5, 0.6) is 5.75 Å². The van der Waals surface area contributed by atoms with Gasteiger partial charge in [0.1, 0.15) is 18.0 Å². The summed E-state index contributed by atoms with van der Waals surface area (Å²) in [5.74, 6) is 0.478. The van der Waals surface area contributed by atoms with Crippen LogP contribution in [0.15, 0.2) is 36.4 Å². The van der Waals surface area contributed by atoms with Gasteiger partial charge in [-0.2, -0.15) is 0 Å². The first kappa shape index (κ1) is 20.2. The van der Waals surface area contributed by atoms with E-state index in [0.29, 0.717) is 18.8 Å². The van der Waals surface area contributed by atoms with E-state index in [1.807, 2.05) is 26.0 Å². The summed E-state index contributed by atoms with van der Waals surface area (Å²) in [5, 5.41) is 11.3. The Morgan fingerprint density at radius 2 is 1.70 bits per heavy atom. The number of ether oxygens (including phenoxy) is 1. The normalized spacial score (nSPS) is 10.4. The monoisotopic (exact) mass is 371 g/mol. The molecule has 0 aliphatic rings. The fourth-order valence-electron chi connectivity index (χ4n) is 2.82. The third-order valence-corrected chi connectivity index (χ3v) is 4.14. The van der Waals surface area contributed by atoms with Gasteiger partial charge in [0, 0.05) is 32.8 Å². The maximum absolute atomic E-state index is 12.6. The Bertz CT molecular complexity index is 829. The van der Waals surface area contributed by atoms with Crippen LogP contribution in [-0.4, -0.2) is 50.0 Å². The van der Waals surface area contributed by atoms with Crippen molar-refractivity contribution in [1.82, 2.24) is 4.90 Å². The zero-order valence-corrected chi connectivity index (χ0v) is 16.4. The molecule has 0 saturated heterocycles. The molecule has 0 unspecified atom stereocenters. The predicted octanol–water partition coefficient (Wildman–Crippen LogP) is 3.43. The Kier molecular flexibility index (Phi) is 6.39. The van der Waals surface area contributed by atoms with Gasteiger partial charge in [0.25, 0.3) is 11.6 Å². The highest BCUT2D eigenvalue weighted by Gasteiger charge is 2.20. The highest BCUT2D eigenvalue weighted by Crippen LogP contribution is 2.28. The van der Waals surface area contributed by atoms with Gasteiger partial charge in [0.05, 0.1) is 11.5 Å². The molecule has 0 spiro atoms. The minimum Gasteiger partial charge on any atom is -0.492 e. The van der Waals surface area contributed by atoms with Crippen molar-refractivity contribution in [3.8, 4) is 5.75 Å². The van der Waals surface area contributed by atoms with Crippen LogP contribution in [0.4, 0.5) is 11.4 Å². The summed E-state index contributed by atoms with van der Waals surface area (Å²) in [4.78, 5) is 26.5. The van der Waals surface area contributed by atoms with E-state index in [4.69, 9.17) is 4.74 Å². The van der Waals surface area contributed by atoms with Crippen LogP contribution < -0.4 is 9.64 Å². The first-order valence-electron chi connectivity index (χ1n) is 8.61. The highest BCUT2D eigenvalue weighted by atomic mass is 16.6. The van der Waals surface area contributed by atoms with Crippen molar-refractivity contribution in [2.45, 2.75) is 13.8 Å². The fraction of sp³-hybridized carbons (Fsp3) is 0.350. The maximum Gasteiger partial charge on any atom is 0.293 e. The number of carbonyl (C=O) groups excluding carboxylic acids is 1. The molecule has 0 saturated carbocycles. The lowest BCUT2D eigenvalue weighted by Gasteiger charge is -2.19. The van der Waals surface area contributed by atoms with E-state index in [-0.39, 0.29) is 17.2 Å². The average Bonchev–Trinajstić information content (AvgIpc) is 2.59. The van der Waals surface area contributed by atoms with Crippen LogP contribution in [-0.2, 0) is 0 Å². The van der Waals surface area contributed by atoms with Gasteiger partial charge in [0.2, 0.25) is 0 Å². The van der Waals surface area contributed by atoms with Crippen LogP contribution >= 0.6 is 0 Å². The second kappa shape index (κ2) is 8.53. The summed E-state index contributed by atoms with van der Waals surface area (Å²) in [5.41, 5.74) is 2.87. The summed E-state index contributed by atoms with van der Waals surface area (Å²) in [6, 6.07) is 10.5. The standard InChI is InChI=1S/C20H25N3O4/c1-14-10-15(2)12-17(11-14)27-9-8-22(5)20(24)16-6-7-18(21(3)4)19(13-16)23(25)26/h6-7,10-13H,8-9H2,1-5H3. The van der Waals surface area contributed by atoms with Crippen molar-refractivity contribution in [2.24, 2.45) is 0 Å². The quantitative estimate of drug-likeness (QED) is 0.550. The average molecular weight is 371 g/mol. The fourth-order valence-corrected chi connectivity index (χ4v) is 2.82. The van der Waals surface area contributed by atoms with E-state index < -0.39 is 4.92 Å². The van der Waals surface area contributed by atoms with Crippen molar-refractivity contribution in [3.05, 3.63) is 63.2 Å². The second-order valence-corrected chi connectivity index (χ2v) is 6.75. The Morgan fingerprint density at radius 1 is 1.07 bits per heavy atom. The van der Waals surface area contributed by atoms with Gasteiger partial charge in [-0.15, -0.1) is 0 Å². The van der Waals surface area contributed by atoms with Crippen LogP contribution in [0.3, 0.4) is 0 Å². The van der Waals surface area contributed by atoms with Gasteiger partial charge in [-0.05, 0) is 49.2 Å². The van der Waals surface area contributed by atoms with Crippen molar-refractivity contribution >= 4 is 17.3 Å². The van der Waals surface area contributed by atoms with Gasteiger partial charge in [-0.25, -0.2) is 0 Å². The van der Waals surface area contributed by atoms with Gasteiger partial charge in [-0.1, -0.05) is 6.07 Å². The third kappa shape index (κ3) is 5.20. The topological polar surface area (TPSA) is 75.9 Å². The molecule has 0 aliphatic heterocycles. The Balaban J connectivity index is 2.04. The maximum atomic E-state index is 12.6. The molecule has 1 amide bonds. The molecular weight excluding hydrogens is 346 g/mol. The van der Waals surface area contributed by atoms with Gasteiger partial charge >= 0.3 is 0 Å². The van der Waals surface area contributed by atoms with Gasteiger partial charge in [0.15, 0.2) is 0 Å². The number of likely N-dealkylation sites (N-methyl/N-ethyl adjacent to an activating group) is 1. The second-order valence-electron chi connectivity index (χ2n) is 6.75. The molecule has 2 aromatic carbocycles. The number of nitro groups is 1. The molecule has 2 aromatic rings. The van der Waals surface area contributed by atoms with Crippen molar-refractivity contribution in [3.63, 3.8) is 0 Å². The number of aryl methyl sites for hydroxylation is 2. The molecule has 2 rings (SSSR count). The Labute approximate surface area is 159 Å². The molecule has 0 aromatic heterocycles. The van der Waals surface area contributed by atoms with E-state index in [1.54, 1.807) is 38.2 Å². The van der Waals surface area contributed by atoms with E-state index in [1.165, 1.54) is 11.0 Å². The summed E-state index contributed by atoms with van der Waals surface area (Å²) >= 11 is 0. The van der Waals surface area contributed by atoms with Crippen molar-refractivity contribution < 1.29 is 14.5 Å². The molecule has 0 fully saturated rings. The number of nitro benzene ring substituents is 1. The Morgan fingerprint density at radius 3 is 2.26 bits per heavy atom. The first-order chi connectivity index (χ1) is 12.7. The highest BCUT2D eigenvalue weighted by molar-refractivity contribution is 5.95. The summed E-state index contributed by atoms with van der Waals surface area (Å²) in [6.07, 6.45) is 0. The molecule has 7 heteroatoms. The molecule has 0 atom stereocenters. The predicted molar refractivity (Wildman–Crippen MR) is 106 cm³/mol. The first-order valence-corrected chi connectivity index (χ1v) is 8.61. The molecule has 27 heavy (non-hydrogen) atoms. The van der Waals surface area contributed by atoms with Crippen molar-refractivity contribution in [1.29, 1.82) is 0 Å². The third-order valence-electron chi connectivity index (χ3n) is 4.14. The molecule has 0 heterocycles. The molecular formula is C20H25N3O4. The number of rotatable bonds is 7. The van der Waals surface area contributed by atoms with E-state index in [9.17, 15) is 14.9 Å². The summed E-state index contributed by atoms with van der Waals surface area (Å²) in [6.45, 7) is 4.71. The number of carbonyl (C=O) groups is 1. The number of anilines is 1. The van der Waals surface area contributed by atoms with Crippen LogP contribution in [0.25, 0.3) is 0 Å². The van der Waals surface area contributed by atoms with E-state index >= 15 is 0 Å². The molecule has 0 radical (unpaired) electrons. The molecule has 144 valence electrons. The molecule has 7 nitrogen and oxygen atoms in total. The molecule has 0 aliphatic carbocycles. The zero-order chi connectivity index (χ0) is 20.1. The summed E-state index contributed by atoms with van der Waals surface area (Å²) < 4.78 is 5.73. The van der Waals surface area contributed by atoms with Crippen LogP contribution in [0.1, 0.15) is 21.5 Å². The van der Waals surface area contributed by atoms with Gasteiger partial charge < -0.3 is 14.5 Å². The van der Waals surface area contributed by atoms with E-state index in [0.717, 1.165) is 16.9 Å². The lowest BCUT2D eigenvalue weighted by Crippen LogP contribution is -2.31. The number of nitrogens with zero attached hydrogens (tertiary/aromatic N) is 3. The number of amides is 1. The lowest BCUT2D eigenvalue weighted by atomic mass is 10.1. The largest absolute Gasteiger partial charge is 0.492 e. The smallest absolute Gasteiger partial charge is 0.293 e. The van der Waals surface area contributed by atoms with Gasteiger partial charge in [-0.3, -0.25) is 14.9 Å².